The summed E-state index contributed by atoms with van der Waals surface area (Å²) < 4.78 is 0. The molecule has 4 atom stereocenters. The van der Waals surface area contributed by atoms with Crippen LogP contribution >= 0.6 is 0 Å². The van der Waals surface area contributed by atoms with E-state index in [1.54, 1.807) is 11.1 Å². The molecule has 10 rings (SSSR count). The molecule has 8 bridgehead atoms. The largest absolute Gasteiger partial charge is 0.0984 e. The molecule has 0 heteroatoms. The third kappa shape index (κ3) is 3.75. The minimum absolute atomic E-state index is 0.260. The molecule has 0 saturated heterocycles. The average molecular weight is 583 g/mol. The molecule has 0 aromatic heterocycles. The van der Waals surface area contributed by atoms with Crippen LogP contribution in [0.15, 0.2) is 62.7 Å². The van der Waals surface area contributed by atoms with Crippen molar-refractivity contribution in [2.45, 2.75) is 116 Å². The van der Waals surface area contributed by atoms with Gasteiger partial charge in [0.25, 0.3) is 0 Å². The topological polar surface area (TPSA) is 0 Å². The summed E-state index contributed by atoms with van der Waals surface area (Å²) in [5.74, 6) is 0. The van der Waals surface area contributed by atoms with Crippen molar-refractivity contribution in [1.82, 2.24) is 0 Å². The Balaban J connectivity index is 1.30. The lowest BCUT2D eigenvalue weighted by Gasteiger charge is -2.80. The second kappa shape index (κ2) is 8.60. The van der Waals surface area contributed by atoms with Crippen LogP contribution in [-0.2, 0) is 10.8 Å². The molecule has 0 amide bonds. The molecular weight excluding hydrogens is 528 g/mol. The van der Waals surface area contributed by atoms with E-state index in [4.69, 9.17) is 0 Å². The normalized spacial score (nSPS) is 46.2. The smallest absolute Gasteiger partial charge is 0.00309 e. The van der Waals surface area contributed by atoms with Gasteiger partial charge in [-0.25, -0.2) is 0 Å². The van der Waals surface area contributed by atoms with E-state index in [1.165, 1.54) is 99.3 Å². The SMILES string of the molecule is C=Cc1ccc(C23CC4(C)CC(C)(C2)CC(C25CC6(C)CC(C)(CC(c7ccc(C=C)c(C=C)c7)(C6)C2)C5)(C4)C3)cc1C=C. The molecule has 8 aliphatic rings. The Hall–Kier alpha value is -2.60. The number of rotatable bonds is 7. The van der Waals surface area contributed by atoms with Crippen molar-refractivity contribution >= 4 is 24.3 Å². The lowest BCUT2D eigenvalue weighted by atomic mass is 9.24. The maximum atomic E-state index is 4.21. The van der Waals surface area contributed by atoms with Crippen LogP contribution in [0, 0.1) is 32.5 Å². The van der Waals surface area contributed by atoms with Gasteiger partial charge in [-0.2, -0.15) is 0 Å². The fraction of sp³-hybridized carbons (Fsp3) is 0.545. The summed E-state index contributed by atoms with van der Waals surface area (Å²) in [6.45, 7) is 27.4. The predicted molar refractivity (Wildman–Crippen MR) is 189 cm³/mol. The Morgan fingerprint density at radius 2 is 0.727 bits per heavy atom. The number of hydrogen-bond acceptors (Lipinski definition) is 0. The Labute approximate surface area is 267 Å². The van der Waals surface area contributed by atoms with Gasteiger partial charge in [0.1, 0.15) is 0 Å². The molecule has 8 aliphatic carbocycles. The van der Waals surface area contributed by atoms with Crippen LogP contribution < -0.4 is 0 Å². The van der Waals surface area contributed by atoms with E-state index in [-0.39, 0.29) is 10.8 Å². The lowest BCUT2D eigenvalue weighted by molar-refractivity contribution is -0.275. The standard InChI is InChI=1S/C44H54/c1-9-31-13-15-35(17-33(31)11-3)41-21-37(5)19-38(6,22-41)26-43(25-37,29-41)44-27-39(7)20-40(8,28-44)24-42(23-39,30-44)36-16-14-32(10-2)34(12-4)18-36/h9-18H,1-4,19-30H2,5-8H3. The molecule has 230 valence electrons. The third-order valence-electron chi connectivity index (χ3n) is 14.6. The summed E-state index contributed by atoms with van der Waals surface area (Å²) in [6, 6.07) is 14.7. The van der Waals surface area contributed by atoms with E-state index in [2.05, 4.69) is 103 Å². The zero-order valence-corrected chi connectivity index (χ0v) is 28.1. The first-order valence-electron chi connectivity index (χ1n) is 17.5. The molecule has 8 fully saturated rings. The van der Waals surface area contributed by atoms with Crippen LogP contribution in [-0.4, -0.2) is 0 Å². The Morgan fingerprint density at radius 1 is 0.409 bits per heavy atom. The number of hydrogen-bond donors (Lipinski definition) is 0. The molecule has 0 nitrogen and oxygen atoms in total. The van der Waals surface area contributed by atoms with E-state index in [0.29, 0.717) is 32.5 Å². The molecule has 0 aliphatic heterocycles. The van der Waals surface area contributed by atoms with Gasteiger partial charge in [-0.3, -0.25) is 0 Å². The summed E-state index contributed by atoms with van der Waals surface area (Å²) in [5.41, 5.74) is 11.1. The zero-order valence-electron chi connectivity index (χ0n) is 28.1. The van der Waals surface area contributed by atoms with Crippen LogP contribution in [0.3, 0.4) is 0 Å². The maximum Gasteiger partial charge on any atom is -0.00309 e. The van der Waals surface area contributed by atoms with Crippen molar-refractivity contribution in [3.05, 3.63) is 96.1 Å². The molecule has 2 aromatic carbocycles. The van der Waals surface area contributed by atoms with Gasteiger partial charge in [-0.1, -0.05) is 115 Å². The van der Waals surface area contributed by atoms with Crippen molar-refractivity contribution in [1.29, 1.82) is 0 Å². The molecule has 0 spiro atoms. The summed E-state index contributed by atoms with van der Waals surface area (Å²) in [7, 11) is 0. The Kier molecular flexibility index (Phi) is 5.64. The third-order valence-corrected chi connectivity index (χ3v) is 14.6. The van der Waals surface area contributed by atoms with Gasteiger partial charge < -0.3 is 0 Å². The van der Waals surface area contributed by atoms with Crippen molar-refractivity contribution in [2.24, 2.45) is 32.5 Å². The predicted octanol–water partition coefficient (Wildman–Crippen LogP) is 12.2. The fourth-order valence-electron chi connectivity index (χ4n) is 15.7. The van der Waals surface area contributed by atoms with Gasteiger partial charge in [0, 0.05) is 0 Å². The minimum atomic E-state index is 0.260. The van der Waals surface area contributed by atoms with Gasteiger partial charge in [0.05, 0.1) is 0 Å². The van der Waals surface area contributed by atoms with E-state index in [0.717, 1.165) is 0 Å². The van der Waals surface area contributed by atoms with Gasteiger partial charge in [0.15, 0.2) is 0 Å². The molecule has 0 heterocycles. The molecule has 44 heavy (non-hydrogen) atoms. The number of benzene rings is 2. The first-order chi connectivity index (χ1) is 20.7. The monoisotopic (exact) mass is 582 g/mol. The van der Waals surface area contributed by atoms with Crippen molar-refractivity contribution < 1.29 is 0 Å². The van der Waals surface area contributed by atoms with Crippen LogP contribution in [0.1, 0.15) is 138 Å². The highest BCUT2D eigenvalue weighted by atomic mass is 14.8. The lowest BCUT2D eigenvalue weighted by Crippen LogP contribution is -2.71. The van der Waals surface area contributed by atoms with Gasteiger partial charge in [0.2, 0.25) is 0 Å². The summed E-state index contributed by atoms with van der Waals surface area (Å²) in [6.07, 6.45) is 24.8. The highest BCUT2D eigenvalue weighted by Gasteiger charge is 2.76. The van der Waals surface area contributed by atoms with Gasteiger partial charge >= 0.3 is 0 Å². The van der Waals surface area contributed by atoms with Crippen LogP contribution in [0.4, 0.5) is 0 Å². The highest BCUT2D eigenvalue weighted by Crippen LogP contribution is 2.85. The Bertz CT molecular complexity index is 1470. The molecule has 8 saturated carbocycles. The first kappa shape index (κ1) is 28.8. The van der Waals surface area contributed by atoms with Gasteiger partial charge in [-0.15, -0.1) is 0 Å². The summed E-state index contributed by atoms with van der Waals surface area (Å²) in [4.78, 5) is 0. The second-order valence-corrected chi connectivity index (χ2v) is 19.0. The van der Waals surface area contributed by atoms with Crippen LogP contribution in [0.2, 0.25) is 0 Å². The molecule has 0 radical (unpaired) electrons. The fourth-order valence-corrected chi connectivity index (χ4v) is 15.7. The van der Waals surface area contributed by atoms with E-state index in [1.807, 2.05) is 12.2 Å². The van der Waals surface area contributed by atoms with E-state index < -0.39 is 0 Å². The molecular formula is C44H54. The van der Waals surface area contributed by atoms with E-state index >= 15 is 0 Å². The minimum Gasteiger partial charge on any atom is -0.0984 e. The molecule has 0 N–H and O–H groups in total. The van der Waals surface area contributed by atoms with Crippen molar-refractivity contribution in [3.63, 3.8) is 0 Å². The van der Waals surface area contributed by atoms with Crippen LogP contribution in [0.25, 0.3) is 24.3 Å². The van der Waals surface area contributed by atoms with Gasteiger partial charge in [-0.05, 0) is 154 Å². The zero-order chi connectivity index (χ0) is 31.0. The summed E-state index contributed by atoms with van der Waals surface area (Å²) >= 11 is 0. The molecule has 2 aromatic rings. The van der Waals surface area contributed by atoms with Crippen LogP contribution in [0.5, 0.6) is 0 Å². The van der Waals surface area contributed by atoms with Crippen molar-refractivity contribution in [3.8, 4) is 0 Å². The second-order valence-electron chi connectivity index (χ2n) is 19.0. The quantitative estimate of drug-likeness (QED) is 0.305. The average Bonchev–Trinajstić information content (AvgIpc) is 2.92. The first-order valence-corrected chi connectivity index (χ1v) is 17.5. The van der Waals surface area contributed by atoms with E-state index in [9.17, 15) is 0 Å². The maximum absolute atomic E-state index is 4.21. The molecule has 4 unspecified atom stereocenters. The summed E-state index contributed by atoms with van der Waals surface area (Å²) in [5, 5.41) is 0. The Morgan fingerprint density at radius 3 is 1.02 bits per heavy atom. The van der Waals surface area contributed by atoms with Crippen molar-refractivity contribution in [2.75, 3.05) is 0 Å². The highest BCUT2D eigenvalue weighted by molar-refractivity contribution is 5.66.